The predicted octanol–water partition coefficient (Wildman–Crippen LogP) is 1.41. The molecular formula is C11H13NO3. The summed E-state index contributed by atoms with van der Waals surface area (Å²) < 4.78 is 5.61. The minimum Gasteiger partial charge on any atom is -0.482 e. The van der Waals surface area contributed by atoms with E-state index < -0.39 is 11.7 Å². The summed E-state index contributed by atoms with van der Waals surface area (Å²) in [4.78, 5) is 14.9. The molecule has 2 heterocycles. The lowest BCUT2D eigenvalue weighted by Crippen LogP contribution is -2.30. The quantitative estimate of drug-likeness (QED) is 0.707. The summed E-state index contributed by atoms with van der Waals surface area (Å²) in [6.07, 6.45) is 1.38. The van der Waals surface area contributed by atoms with Crippen LogP contribution < -0.4 is 4.74 Å². The van der Waals surface area contributed by atoms with E-state index in [1.54, 1.807) is 20.8 Å². The smallest absolute Gasteiger partial charge is 0.152 e. The topological polar surface area (TPSA) is 59.4 Å². The fraction of sp³-hybridized carbons (Fsp3) is 0.455. The first-order chi connectivity index (χ1) is 6.97. The van der Waals surface area contributed by atoms with Crippen molar-refractivity contribution in [1.82, 2.24) is 4.98 Å². The van der Waals surface area contributed by atoms with E-state index in [1.807, 2.05) is 0 Å². The monoisotopic (exact) mass is 207 g/mol. The van der Waals surface area contributed by atoms with Gasteiger partial charge in [-0.15, -0.1) is 0 Å². The van der Waals surface area contributed by atoms with Crippen molar-refractivity contribution in [2.75, 3.05) is 0 Å². The highest BCUT2D eigenvalue weighted by atomic mass is 16.5. The van der Waals surface area contributed by atoms with Gasteiger partial charge >= 0.3 is 0 Å². The van der Waals surface area contributed by atoms with Crippen LogP contribution in [0.1, 0.15) is 41.6 Å². The molecule has 0 saturated heterocycles. The number of ether oxygens (including phenoxy) is 1. The summed E-state index contributed by atoms with van der Waals surface area (Å²) in [6.45, 7) is 5.36. The molecule has 1 aromatic heterocycles. The van der Waals surface area contributed by atoms with Crippen LogP contribution in [-0.2, 0) is 0 Å². The Labute approximate surface area is 87.9 Å². The number of aliphatic hydroxyl groups excluding tert-OH is 1. The number of pyridine rings is 1. The molecule has 0 saturated carbocycles. The highest BCUT2D eigenvalue weighted by Gasteiger charge is 2.42. The first kappa shape index (κ1) is 10.1. The SMILES string of the molecule is Cc1ncc(C=O)c2c1OC(C)(C)C2O. The third kappa shape index (κ3) is 1.33. The Morgan fingerprint density at radius 2 is 2.27 bits per heavy atom. The van der Waals surface area contributed by atoms with Crippen molar-refractivity contribution in [3.63, 3.8) is 0 Å². The Morgan fingerprint density at radius 3 is 2.87 bits per heavy atom. The zero-order chi connectivity index (χ0) is 11.2. The van der Waals surface area contributed by atoms with Gasteiger partial charge < -0.3 is 9.84 Å². The number of hydrogen-bond donors (Lipinski definition) is 1. The number of rotatable bonds is 1. The molecule has 0 radical (unpaired) electrons. The molecule has 0 fully saturated rings. The van der Waals surface area contributed by atoms with E-state index in [0.29, 0.717) is 28.9 Å². The van der Waals surface area contributed by atoms with Gasteiger partial charge in [-0.1, -0.05) is 0 Å². The van der Waals surface area contributed by atoms with Crippen LogP contribution in [0.4, 0.5) is 0 Å². The molecule has 0 bridgehead atoms. The van der Waals surface area contributed by atoms with Gasteiger partial charge in [0.2, 0.25) is 0 Å². The van der Waals surface area contributed by atoms with Gasteiger partial charge in [-0.25, -0.2) is 0 Å². The Kier molecular flexibility index (Phi) is 2.04. The van der Waals surface area contributed by atoms with Crippen molar-refractivity contribution in [2.24, 2.45) is 0 Å². The maximum Gasteiger partial charge on any atom is 0.152 e. The van der Waals surface area contributed by atoms with Crippen LogP contribution in [0.3, 0.4) is 0 Å². The molecule has 1 atom stereocenters. The lowest BCUT2D eigenvalue weighted by atomic mass is 9.95. The number of carbonyl (C=O) groups excluding carboxylic acids is 1. The summed E-state index contributed by atoms with van der Waals surface area (Å²) in [5.74, 6) is 0.539. The lowest BCUT2D eigenvalue weighted by Gasteiger charge is -2.21. The first-order valence-electron chi connectivity index (χ1n) is 4.79. The van der Waals surface area contributed by atoms with Crippen molar-refractivity contribution in [1.29, 1.82) is 0 Å². The van der Waals surface area contributed by atoms with Gasteiger partial charge in [-0.3, -0.25) is 9.78 Å². The minimum absolute atomic E-state index is 0.397. The van der Waals surface area contributed by atoms with Gasteiger partial charge in [-0.2, -0.15) is 0 Å². The van der Waals surface area contributed by atoms with E-state index in [2.05, 4.69) is 4.98 Å². The van der Waals surface area contributed by atoms with Gasteiger partial charge in [0, 0.05) is 17.3 Å². The van der Waals surface area contributed by atoms with Gasteiger partial charge in [-0.05, 0) is 20.8 Å². The van der Waals surface area contributed by atoms with Crippen LogP contribution >= 0.6 is 0 Å². The number of fused-ring (bicyclic) bond motifs is 1. The van der Waals surface area contributed by atoms with Crippen molar-refractivity contribution in [2.45, 2.75) is 32.5 Å². The van der Waals surface area contributed by atoms with Crippen LogP contribution in [0, 0.1) is 6.92 Å². The molecule has 0 aromatic carbocycles. The lowest BCUT2D eigenvalue weighted by molar-refractivity contribution is 0.000107. The van der Waals surface area contributed by atoms with E-state index in [-0.39, 0.29) is 0 Å². The predicted molar refractivity (Wildman–Crippen MR) is 54.0 cm³/mol. The van der Waals surface area contributed by atoms with Crippen LogP contribution in [0.25, 0.3) is 0 Å². The molecule has 1 N–H and O–H groups in total. The fourth-order valence-electron chi connectivity index (χ4n) is 1.79. The van der Waals surface area contributed by atoms with Crippen LogP contribution in [0.15, 0.2) is 6.20 Å². The molecule has 0 amide bonds. The number of hydrogen-bond acceptors (Lipinski definition) is 4. The second kappa shape index (κ2) is 3.03. The third-order valence-electron chi connectivity index (χ3n) is 2.71. The molecule has 0 aliphatic carbocycles. The van der Waals surface area contributed by atoms with Crippen LogP contribution in [0.2, 0.25) is 0 Å². The number of aromatic nitrogens is 1. The van der Waals surface area contributed by atoms with E-state index in [9.17, 15) is 9.90 Å². The van der Waals surface area contributed by atoms with Crippen LogP contribution in [0.5, 0.6) is 5.75 Å². The molecule has 1 aliphatic rings. The Morgan fingerprint density at radius 1 is 1.60 bits per heavy atom. The molecule has 80 valence electrons. The molecule has 0 spiro atoms. The number of aryl methyl sites for hydroxylation is 1. The molecule has 4 heteroatoms. The summed E-state index contributed by atoms with van der Waals surface area (Å²) in [5, 5.41) is 10.0. The first-order valence-corrected chi connectivity index (χ1v) is 4.79. The largest absolute Gasteiger partial charge is 0.482 e. The van der Waals surface area contributed by atoms with Gasteiger partial charge in [0.25, 0.3) is 0 Å². The highest BCUT2D eigenvalue weighted by Crippen LogP contribution is 2.45. The number of aliphatic hydroxyl groups is 1. The normalized spacial score (nSPS) is 22.0. The third-order valence-corrected chi connectivity index (χ3v) is 2.71. The van der Waals surface area contributed by atoms with Gasteiger partial charge in [0.1, 0.15) is 17.5 Å². The molecule has 4 nitrogen and oxygen atoms in total. The summed E-state index contributed by atoms with van der Waals surface area (Å²) in [7, 11) is 0. The number of aldehydes is 1. The molecule has 1 aromatic rings. The average molecular weight is 207 g/mol. The zero-order valence-electron chi connectivity index (χ0n) is 8.94. The number of carbonyl (C=O) groups is 1. The highest BCUT2D eigenvalue weighted by molar-refractivity contribution is 5.79. The Bertz CT molecular complexity index is 426. The fourth-order valence-corrected chi connectivity index (χ4v) is 1.79. The van der Waals surface area contributed by atoms with Crippen molar-refractivity contribution < 1.29 is 14.6 Å². The molecule has 1 aliphatic heterocycles. The Hall–Kier alpha value is -1.42. The average Bonchev–Trinajstić information content (AvgIpc) is 2.42. The van der Waals surface area contributed by atoms with E-state index in [1.165, 1.54) is 6.20 Å². The molecular weight excluding hydrogens is 194 g/mol. The van der Waals surface area contributed by atoms with Crippen molar-refractivity contribution >= 4 is 6.29 Å². The van der Waals surface area contributed by atoms with Crippen molar-refractivity contribution in [3.8, 4) is 5.75 Å². The van der Waals surface area contributed by atoms with E-state index in [0.717, 1.165) is 0 Å². The van der Waals surface area contributed by atoms with E-state index >= 15 is 0 Å². The van der Waals surface area contributed by atoms with Gasteiger partial charge in [0.05, 0.1) is 5.69 Å². The second-order valence-electron chi connectivity index (χ2n) is 4.27. The summed E-state index contributed by atoms with van der Waals surface area (Å²) in [6, 6.07) is 0. The zero-order valence-corrected chi connectivity index (χ0v) is 8.94. The van der Waals surface area contributed by atoms with E-state index in [4.69, 9.17) is 4.74 Å². The molecule has 1 unspecified atom stereocenters. The summed E-state index contributed by atoms with van der Waals surface area (Å²) in [5.41, 5.74) is 0.949. The standard InChI is InChI=1S/C11H13NO3/c1-6-9-8(7(5-13)4-12-6)10(14)11(2,3)15-9/h4-5,10,14H,1-3H3. The number of nitrogens with zero attached hydrogens (tertiary/aromatic N) is 1. The molecule has 15 heavy (non-hydrogen) atoms. The second-order valence-corrected chi connectivity index (χ2v) is 4.27. The Balaban J connectivity index is 2.67. The maximum atomic E-state index is 10.8. The van der Waals surface area contributed by atoms with Crippen LogP contribution in [-0.4, -0.2) is 22.0 Å². The van der Waals surface area contributed by atoms with Gasteiger partial charge in [0.15, 0.2) is 6.29 Å². The van der Waals surface area contributed by atoms with Crippen molar-refractivity contribution in [3.05, 3.63) is 23.0 Å². The minimum atomic E-state index is -0.783. The summed E-state index contributed by atoms with van der Waals surface area (Å²) >= 11 is 0. The molecule has 2 rings (SSSR count). The maximum absolute atomic E-state index is 10.8.